The van der Waals surface area contributed by atoms with Gasteiger partial charge in [0.05, 0.1) is 9.79 Å². The van der Waals surface area contributed by atoms with Crippen molar-refractivity contribution in [3.05, 3.63) is 85.0 Å². The first kappa shape index (κ1) is 39.3. The van der Waals surface area contributed by atoms with Crippen LogP contribution in [0.4, 0.5) is 0 Å². The lowest BCUT2D eigenvalue weighted by molar-refractivity contribution is -0.144. The highest BCUT2D eigenvalue weighted by Crippen LogP contribution is 2.22. The highest BCUT2D eigenvalue weighted by Gasteiger charge is 2.17. The van der Waals surface area contributed by atoms with Crippen LogP contribution in [0.1, 0.15) is 11.1 Å². The summed E-state index contributed by atoms with van der Waals surface area (Å²) < 4.78 is 68.7. The van der Waals surface area contributed by atoms with E-state index in [-0.39, 0.29) is 23.0 Å². The van der Waals surface area contributed by atoms with E-state index in [1.54, 1.807) is 24.3 Å². The summed E-state index contributed by atoms with van der Waals surface area (Å²) in [5, 5.41) is 0. The first-order valence-corrected chi connectivity index (χ1v) is 17.3. The summed E-state index contributed by atoms with van der Waals surface area (Å²) in [6.45, 7) is 10.8. The molecule has 0 aliphatic heterocycles. The number of hydrogen-bond donors (Lipinski definition) is 4. The van der Waals surface area contributed by atoms with Gasteiger partial charge in [0, 0.05) is 11.5 Å². The number of aryl methyl sites for hydroxylation is 2. The number of rotatable bonds is 13. The van der Waals surface area contributed by atoms with Gasteiger partial charge in [-0.2, -0.15) is 16.8 Å². The van der Waals surface area contributed by atoms with Crippen LogP contribution in [0.5, 0.6) is 0 Å². The Morgan fingerprint density at radius 3 is 1.26 bits per heavy atom. The summed E-state index contributed by atoms with van der Waals surface area (Å²) in [4.78, 5) is 22.5. The highest BCUT2D eigenvalue weighted by molar-refractivity contribution is 8.76. The van der Waals surface area contributed by atoms with E-state index < -0.39 is 44.3 Å². The van der Waals surface area contributed by atoms with E-state index in [1.165, 1.54) is 58.0 Å². The van der Waals surface area contributed by atoms with Crippen molar-refractivity contribution >= 4 is 53.8 Å². The third kappa shape index (κ3) is 18.0. The summed E-state index contributed by atoms with van der Waals surface area (Å²) in [6.07, 6.45) is 2.95. The molecule has 0 radical (unpaired) electrons. The molecule has 0 bridgehead atoms. The van der Waals surface area contributed by atoms with Gasteiger partial charge in [0.15, 0.2) is 0 Å². The van der Waals surface area contributed by atoms with Gasteiger partial charge in [-0.05, 0) is 38.1 Å². The molecule has 2 atom stereocenters. The first-order chi connectivity index (χ1) is 19.5. The van der Waals surface area contributed by atoms with Crippen LogP contribution >= 0.6 is 21.6 Å². The van der Waals surface area contributed by atoms with E-state index in [4.69, 9.17) is 30.0 Å². The van der Waals surface area contributed by atoms with Crippen molar-refractivity contribution < 1.29 is 45.0 Å². The predicted octanol–water partition coefficient (Wildman–Crippen LogP) is 2.96. The largest absolute Gasteiger partial charge is 0.460 e. The SMILES string of the molecule is C=CCOC(=O)[C@@H](N)CSSC[C@H](N)C(=O)OCC=C.Cc1ccc(S(=O)(=O)O)cc1.Cc1ccc(S(=O)(=O)O)cc1. The van der Waals surface area contributed by atoms with E-state index in [0.717, 1.165) is 11.1 Å². The molecule has 0 saturated carbocycles. The van der Waals surface area contributed by atoms with Crippen LogP contribution in [0.3, 0.4) is 0 Å². The van der Waals surface area contributed by atoms with Gasteiger partial charge in [0.25, 0.3) is 20.2 Å². The van der Waals surface area contributed by atoms with Crippen molar-refractivity contribution in [1.29, 1.82) is 0 Å². The standard InChI is InChI=1S/C12H20N2O4S2.2C7H8O3S/c1-3-5-17-11(15)9(13)7-19-20-8-10(14)12(16)18-6-4-2;2*1-6-2-4-7(5-3-6)11(8,9)10/h3-4,9-10H,1-2,5-8,13-14H2;2*2-5H,1H3,(H,8,9,10)/t9-,10-;;/m0../s1. The highest BCUT2D eigenvalue weighted by atomic mass is 33.1. The minimum atomic E-state index is -4.02. The van der Waals surface area contributed by atoms with Crippen LogP contribution in [0.2, 0.25) is 0 Å². The van der Waals surface area contributed by atoms with Crippen LogP contribution in [-0.4, -0.2) is 74.7 Å². The molecule has 6 N–H and O–H groups in total. The van der Waals surface area contributed by atoms with Crippen molar-refractivity contribution in [2.75, 3.05) is 24.7 Å². The molecule has 12 nitrogen and oxygen atoms in total. The van der Waals surface area contributed by atoms with E-state index in [2.05, 4.69) is 13.2 Å². The molecule has 0 aliphatic carbocycles. The summed E-state index contributed by atoms with van der Waals surface area (Å²) in [5.41, 5.74) is 13.2. The van der Waals surface area contributed by atoms with Gasteiger partial charge in [0.2, 0.25) is 0 Å². The van der Waals surface area contributed by atoms with Gasteiger partial charge in [-0.15, -0.1) is 0 Å². The predicted molar refractivity (Wildman–Crippen MR) is 165 cm³/mol. The Hall–Kier alpha value is -2.70. The number of benzene rings is 2. The van der Waals surface area contributed by atoms with Crippen molar-refractivity contribution in [3.63, 3.8) is 0 Å². The van der Waals surface area contributed by atoms with E-state index in [0.29, 0.717) is 11.5 Å². The molecular formula is C26H36N2O10S4. The van der Waals surface area contributed by atoms with Gasteiger partial charge in [-0.1, -0.05) is 82.3 Å². The van der Waals surface area contributed by atoms with Crippen LogP contribution in [0, 0.1) is 13.8 Å². The summed E-state index contributed by atoms with van der Waals surface area (Å²) >= 11 is 0. The Balaban J connectivity index is 0.000000645. The van der Waals surface area contributed by atoms with E-state index in [1.807, 2.05) is 13.8 Å². The maximum absolute atomic E-state index is 11.3. The second-order valence-electron chi connectivity index (χ2n) is 8.20. The molecule has 0 spiro atoms. The lowest BCUT2D eigenvalue weighted by Gasteiger charge is -2.11. The zero-order chi connectivity index (χ0) is 32.3. The van der Waals surface area contributed by atoms with Crippen LogP contribution < -0.4 is 11.5 Å². The fourth-order valence-electron chi connectivity index (χ4n) is 2.30. The maximum Gasteiger partial charge on any atom is 0.324 e. The Bertz CT molecular complexity index is 1240. The Morgan fingerprint density at radius 1 is 0.738 bits per heavy atom. The summed E-state index contributed by atoms with van der Waals surface area (Å²) in [5.74, 6) is -0.218. The van der Waals surface area contributed by atoms with Gasteiger partial charge in [-0.25, -0.2) is 0 Å². The molecule has 42 heavy (non-hydrogen) atoms. The molecule has 2 aromatic rings. The number of carbonyl (C=O) groups is 2. The molecule has 0 fully saturated rings. The zero-order valence-corrected chi connectivity index (χ0v) is 26.4. The fourth-order valence-corrected chi connectivity index (χ4v) is 5.47. The lowest BCUT2D eigenvalue weighted by atomic mass is 10.2. The number of hydrogen-bond acceptors (Lipinski definition) is 12. The quantitative estimate of drug-likeness (QED) is 0.0797. The van der Waals surface area contributed by atoms with Crippen LogP contribution in [-0.2, 0) is 39.3 Å². The fraction of sp³-hybridized carbons (Fsp3) is 0.308. The number of nitrogens with two attached hydrogens (primary N) is 2. The topological polar surface area (TPSA) is 213 Å². The minimum Gasteiger partial charge on any atom is -0.460 e. The lowest BCUT2D eigenvalue weighted by Crippen LogP contribution is -2.35. The molecule has 0 aromatic heterocycles. The second-order valence-corrected chi connectivity index (χ2v) is 13.6. The molecule has 0 heterocycles. The van der Waals surface area contributed by atoms with E-state index >= 15 is 0 Å². The van der Waals surface area contributed by atoms with Crippen molar-refractivity contribution in [2.45, 2.75) is 35.7 Å². The molecule has 2 aromatic carbocycles. The first-order valence-electron chi connectivity index (χ1n) is 11.9. The van der Waals surface area contributed by atoms with Gasteiger partial charge in [-0.3, -0.25) is 18.7 Å². The Kier molecular flexibility index (Phi) is 18.9. The Labute approximate surface area is 254 Å². The minimum absolute atomic E-state index is 0.0666. The smallest absolute Gasteiger partial charge is 0.324 e. The maximum atomic E-state index is 11.3. The molecule has 2 rings (SSSR count). The average molecular weight is 665 g/mol. The number of ether oxygens (including phenoxy) is 2. The average Bonchev–Trinajstić information content (AvgIpc) is 2.92. The molecule has 0 aliphatic rings. The van der Waals surface area contributed by atoms with Gasteiger partial charge in [0.1, 0.15) is 25.3 Å². The van der Waals surface area contributed by atoms with Crippen molar-refractivity contribution in [3.8, 4) is 0 Å². The van der Waals surface area contributed by atoms with Crippen LogP contribution in [0.25, 0.3) is 0 Å². The molecule has 0 unspecified atom stereocenters. The third-order valence-electron chi connectivity index (χ3n) is 4.51. The van der Waals surface area contributed by atoms with E-state index in [9.17, 15) is 26.4 Å². The molecule has 16 heteroatoms. The summed E-state index contributed by atoms with van der Waals surface area (Å²) in [7, 11) is -5.34. The summed E-state index contributed by atoms with van der Waals surface area (Å²) in [6, 6.07) is 10.6. The van der Waals surface area contributed by atoms with Gasteiger partial charge >= 0.3 is 11.9 Å². The third-order valence-corrected chi connectivity index (χ3v) is 8.72. The molecule has 0 amide bonds. The normalized spacial score (nSPS) is 12.2. The Morgan fingerprint density at radius 2 is 1.02 bits per heavy atom. The molecule has 234 valence electrons. The van der Waals surface area contributed by atoms with Crippen LogP contribution in [0.15, 0.2) is 83.6 Å². The van der Waals surface area contributed by atoms with Crippen molar-refractivity contribution in [2.24, 2.45) is 11.5 Å². The monoisotopic (exact) mass is 664 g/mol. The molecule has 0 saturated heterocycles. The van der Waals surface area contributed by atoms with Crippen molar-refractivity contribution in [1.82, 2.24) is 0 Å². The second kappa shape index (κ2) is 20.2. The number of carbonyl (C=O) groups excluding carboxylic acids is 2. The number of esters is 2. The zero-order valence-electron chi connectivity index (χ0n) is 23.1. The molecular weight excluding hydrogens is 629 g/mol. The van der Waals surface area contributed by atoms with Gasteiger partial charge < -0.3 is 20.9 Å².